The topological polar surface area (TPSA) is 49.4 Å². The standard InChI is InChI=1S/C23H28Cl2N2O2S/c1-5-20(22(29)26-23(2,3)4)27(14-16-11-12-18(24)19(25)13-16)21(28)15-30-17-9-7-6-8-10-17/h6-13,20H,5,14-15H2,1-4H3,(H,26,29)/t20-/m0/s1. The van der Waals surface area contributed by atoms with Crippen molar-refractivity contribution in [2.45, 2.75) is 57.1 Å². The fraction of sp³-hybridized carbons (Fsp3) is 0.391. The lowest BCUT2D eigenvalue weighted by molar-refractivity contribution is -0.140. The normalized spacial score (nSPS) is 12.3. The minimum Gasteiger partial charge on any atom is -0.350 e. The molecule has 0 aliphatic carbocycles. The molecule has 0 unspecified atom stereocenters. The van der Waals surface area contributed by atoms with Crippen LogP contribution in [0.15, 0.2) is 53.4 Å². The van der Waals surface area contributed by atoms with Crippen LogP contribution in [-0.2, 0) is 16.1 Å². The molecule has 4 nitrogen and oxygen atoms in total. The van der Waals surface area contributed by atoms with Crippen molar-refractivity contribution in [2.24, 2.45) is 0 Å². The summed E-state index contributed by atoms with van der Waals surface area (Å²) in [5, 5.41) is 3.88. The van der Waals surface area contributed by atoms with E-state index in [9.17, 15) is 9.59 Å². The highest BCUT2D eigenvalue weighted by atomic mass is 35.5. The van der Waals surface area contributed by atoms with E-state index in [2.05, 4.69) is 5.32 Å². The lowest BCUT2D eigenvalue weighted by Gasteiger charge is -2.33. The Morgan fingerprint density at radius 3 is 2.30 bits per heavy atom. The summed E-state index contributed by atoms with van der Waals surface area (Å²) in [6, 6.07) is 14.4. The van der Waals surface area contributed by atoms with E-state index in [0.717, 1.165) is 10.5 Å². The van der Waals surface area contributed by atoms with E-state index in [4.69, 9.17) is 23.2 Å². The zero-order chi connectivity index (χ0) is 22.3. The third-order valence-corrected chi connectivity index (χ3v) is 6.06. The summed E-state index contributed by atoms with van der Waals surface area (Å²) in [5.74, 6) is -0.0288. The summed E-state index contributed by atoms with van der Waals surface area (Å²) >= 11 is 13.6. The number of thioether (sulfide) groups is 1. The molecule has 1 N–H and O–H groups in total. The zero-order valence-corrected chi connectivity index (χ0v) is 20.1. The Balaban J connectivity index is 2.25. The minimum absolute atomic E-state index is 0.106. The van der Waals surface area contributed by atoms with Gasteiger partial charge in [-0.05, 0) is 57.0 Å². The monoisotopic (exact) mass is 466 g/mol. The molecule has 1 atom stereocenters. The van der Waals surface area contributed by atoms with Crippen LogP contribution >= 0.6 is 35.0 Å². The maximum absolute atomic E-state index is 13.2. The molecule has 0 spiro atoms. The predicted molar refractivity (Wildman–Crippen MR) is 126 cm³/mol. The molecule has 0 aromatic heterocycles. The van der Waals surface area contributed by atoms with E-state index in [1.54, 1.807) is 17.0 Å². The van der Waals surface area contributed by atoms with Crippen molar-refractivity contribution in [1.29, 1.82) is 0 Å². The van der Waals surface area contributed by atoms with Gasteiger partial charge in [-0.25, -0.2) is 0 Å². The summed E-state index contributed by atoms with van der Waals surface area (Å²) in [7, 11) is 0. The van der Waals surface area contributed by atoms with E-state index in [-0.39, 0.29) is 29.7 Å². The van der Waals surface area contributed by atoms with Crippen molar-refractivity contribution in [2.75, 3.05) is 5.75 Å². The number of benzene rings is 2. The maximum atomic E-state index is 13.2. The Bertz CT molecular complexity index is 869. The van der Waals surface area contributed by atoms with Gasteiger partial charge in [0.25, 0.3) is 0 Å². The first-order valence-corrected chi connectivity index (χ1v) is 11.6. The van der Waals surface area contributed by atoms with E-state index >= 15 is 0 Å². The molecule has 162 valence electrons. The third kappa shape index (κ3) is 7.53. The SMILES string of the molecule is CC[C@@H](C(=O)NC(C)(C)C)N(Cc1ccc(Cl)c(Cl)c1)C(=O)CSc1ccccc1. The van der Waals surface area contributed by atoms with Crippen LogP contribution in [0.5, 0.6) is 0 Å². The molecule has 0 saturated carbocycles. The average molecular weight is 467 g/mol. The smallest absolute Gasteiger partial charge is 0.243 e. The van der Waals surface area contributed by atoms with Gasteiger partial charge >= 0.3 is 0 Å². The van der Waals surface area contributed by atoms with Gasteiger partial charge in [0.2, 0.25) is 11.8 Å². The van der Waals surface area contributed by atoms with E-state index in [1.807, 2.05) is 64.1 Å². The number of amides is 2. The molecule has 0 saturated heterocycles. The fourth-order valence-corrected chi connectivity index (χ4v) is 4.08. The van der Waals surface area contributed by atoms with Gasteiger partial charge in [0.05, 0.1) is 15.8 Å². The average Bonchev–Trinajstić information content (AvgIpc) is 2.68. The van der Waals surface area contributed by atoms with Gasteiger partial charge < -0.3 is 10.2 Å². The van der Waals surface area contributed by atoms with Crippen LogP contribution in [0, 0.1) is 0 Å². The summed E-state index contributed by atoms with van der Waals surface area (Å²) < 4.78 is 0. The van der Waals surface area contributed by atoms with Crippen LogP contribution in [-0.4, -0.2) is 34.0 Å². The number of rotatable bonds is 8. The molecule has 0 heterocycles. The van der Waals surface area contributed by atoms with Crippen LogP contribution in [0.1, 0.15) is 39.7 Å². The number of nitrogens with zero attached hydrogens (tertiary/aromatic N) is 1. The van der Waals surface area contributed by atoms with Gasteiger partial charge in [-0.3, -0.25) is 9.59 Å². The number of carbonyl (C=O) groups is 2. The first-order chi connectivity index (χ1) is 14.1. The van der Waals surface area contributed by atoms with Gasteiger partial charge in [0.1, 0.15) is 6.04 Å². The van der Waals surface area contributed by atoms with E-state index in [1.165, 1.54) is 11.8 Å². The molecular weight excluding hydrogens is 439 g/mol. The second kappa shape index (κ2) is 11.1. The Morgan fingerprint density at radius 1 is 1.07 bits per heavy atom. The zero-order valence-electron chi connectivity index (χ0n) is 17.7. The Labute approximate surface area is 193 Å². The Hall–Kier alpha value is -1.69. The molecule has 0 aliphatic heterocycles. The summed E-state index contributed by atoms with van der Waals surface area (Å²) in [6.07, 6.45) is 0.505. The van der Waals surface area contributed by atoms with Crippen LogP contribution in [0.3, 0.4) is 0 Å². The molecule has 2 rings (SSSR count). The lowest BCUT2D eigenvalue weighted by Crippen LogP contribution is -2.53. The molecule has 7 heteroatoms. The van der Waals surface area contributed by atoms with Gasteiger partial charge in [0.15, 0.2) is 0 Å². The molecule has 30 heavy (non-hydrogen) atoms. The van der Waals surface area contributed by atoms with Crippen LogP contribution < -0.4 is 5.32 Å². The molecular formula is C23H28Cl2N2O2S. The lowest BCUT2D eigenvalue weighted by atomic mass is 10.1. The van der Waals surface area contributed by atoms with Crippen molar-refractivity contribution in [1.82, 2.24) is 10.2 Å². The van der Waals surface area contributed by atoms with Crippen molar-refractivity contribution in [3.8, 4) is 0 Å². The van der Waals surface area contributed by atoms with Crippen molar-refractivity contribution in [3.63, 3.8) is 0 Å². The van der Waals surface area contributed by atoms with Crippen molar-refractivity contribution in [3.05, 3.63) is 64.1 Å². The molecule has 0 fully saturated rings. The summed E-state index contributed by atoms with van der Waals surface area (Å²) in [4.78, 5) is 28.8. The summed E-state index contributed by atoms with van der Waals surface area (Å²) in [6.45, 7) is 7.96. The fourth-order valence-electron chi connectivity index (χ4n) is 2.95. The molecule has 0 aliphatic rings. The van der Waals surface area contributed by atoms with Crippen LogP contribution in [0.4, 0.5) is 0 Å². The van der Waals surface area contributed by atoms with E-state index in [0.29, 0.717) is 16.5 Å². The second-order valence-corrected chi connectivity index (χ2v) is 9.90. The number of carbonyl (C=O) groups excluding carboxylic acids is 2. The van der Waals surface area contributed by atoms with Crippen molar-refractivity contribution < 1.29 is 9.59 Å². The van der Waals surface area contributed by atoms with Crippen LogP contribution in [0.2, 0.25) is 10.0 Å². The van der Waals surface area contributed by atoms with Gasteiger partial charge in [-0.2, -0.15) is 0 Å². The molecule has 2 aromatic rings. The summed E-state index contributed by atoms with van der Waals surface area (Å²) in [5.41, 5.74) is 0.436. The Morgan fingerprint density at radius 2 is 1.73 bits per heavy atom. The molecule has 0 radical (unpaired) electrons. The van der Waals surface area contributed by atoms with Gasteiger partial charge in [-0.15, -0.1) is 11.8 Å². The number of hydrogen-bond acceptors (Lipinski definition) is 3. The highest BCUT2D eigenvalue weighted by Gasteiger charge is 2.30. The number of halogens is 2. The molecule has 0 bridgehead atoms. The largest absolute Gasteiger partial charge is 0.350 e. The number of hydrogen-bond donors (Lipinski definition) is 1. The maximum Gasteiger partial charge on any atom is 0.243 e. The van der Waals surface area contributed by atoms with Gasteiger partial charge in [-0.1, -0.05) is 54.4 Å². The van der Waals surface area contributed by atoms with E-state index < -0.39 is 6.04 Å². The second-order valence-electron chi connectivity index (χ2n) is 8.04. The highest BCUT2D eigenvalue weighted by molar-refractivity contribution is 8.00. The third-order valence-electron chi connectivity index (χ3n) is 4.33. The quantitative estimate of drug-likeness (QED) is 0.499. The van der Waals surface area contributed by atoms with Crippen molar-refractivity contribution >= 4 is 46.8 Å². The predicted octanol–water partition coefficient (Wildman–Crippen LogP) is 5.81. The molecule has 2 amide bonds. The van der Waals surface area contributed by atoms with Gasteiger partial charge in [0, 0.05) is 17.0 Å². The van der Waals surface area contributed by atoms with Crippen LogP contribution in [0.25, 0.3) is 0 Å². The molecule has 2 aromatic carbocycles. The minimum atomic E-state index is -0.581. The first-order valence-electron chi connectivity index (χ1n) is 9.84. The Kier molecular flexibility index (Phi) is 9.08. The first kappa shape index (κ1) is 24.6. The highest BCUT2D eigenvalue weighted by Crippen LogP contribution is 2.25. The number of nitrogens with one attached hydrogen (secondary N) is 1.